The van der Waals surface area contributed by atoms with Gasteiger partial charge in [-0.05, 0) is 6.54 Å². The minimum absolute atomic E-state index is 0.0324. The van der Waals surface area contributed by atoms with Crippen LogP contribution in [0.5, 0.6) is 0 Å². The van der Waals surface area contributed by atoms with Gasteiger partial charge in [0, 0.05) is 6.54 Å². The molecule has 0 amide bonds. The van der Waals surface area contributed by atoms with E-state index < -0.39 is 0 Å². The second kappa shape index (κ2) is 3.15. The molecule has 1 fully saturated rings. The first kappa shape index (κ1) is 6.99. The quantitative estimate of drug-likeness (QED) is 0.556. The van der Waals surface area contributed by atoms with Crippen LogP contribution in [-0.2, 0) is 4.74 Å². The molecule has 3 heteroatoms. The van der Waals surface area contributed by atoms with Gasteiger partial charge in [-0.25, -0.2) is 0 Å². The number of hydrogen-bond donors (Lipinski definition) is 1. The largest absolute Gasteiger partial charge is 0.392 e. The number of ether oxygens (including phenoxy) is 1. The third-order valence-electron chi connectivity index (χ3n) is 1.66. The summed E-state index contributed by atoms with van der Waals surface area (Å²) in [5.74, 6) is 0. The monoisotopic (exact) mass is 131 g/mol. The van der Waals surface area contributed by atoms with E-state index >= 15 is 0 Å². The highest BCUT2D eigenvalue weighted by Crippen LogP contribution is 2.07. The zero-order valence-electron chi connectivity index (χ0n) is 5.71. The van der Waals surface area contributed by atoms with E-state index in [0.29, 0.717) is 0 Å². The highest BCUT2D eigenvalue weighted by Gasteiger charge is 2.21. The van der Waals surface area contributed by atoms with E-state index in [4.69, 9.17) is 9.84 Å². The predicted octanol–water partition coefficient (Wildman–Crippen LogP) is -0.343. The fourth-order valence-electron chi connectivity index (χ4n) is 1.09. The average Bonchev–Trinajstić information content (AvgIpc) is 2.33. The van der Waals surface area contributed by atoms with Crippen molar-refractivity contribution >= 4 is 0 Å². The summed E-state index contributed by atoms with van der Waals surface area (Å²) in [6.07, 6.45) is -0.0324. The summed E-state index contributed by atoms with van der Waals surface area (Å²) in [4.78, 5) is 2.11. The topological polar surface area (TPSA) is 32.7 Å². The molecule has 0 aromatic heterocycles. The van der Waals surface area contributed by atoms with Crippen molar-refractivity contribution in [1.82, 2.24) is 4.90 Å². The van der Waals surface area contributed by atoms with Crippen molar-refractivity contribution in [2.45, 2.75) is 13.2 Å². The number of aliphatic hydroxyl groups is 1. The van der Waals surface area contributed by atoms with E-state index in [1.165, 1.54) is 0 Å². The molecule has 0 spiro atoms. The fourth-order valence-corrected chi connectivity index (χ4v) is 1.09. The molecule has 0 radical (unpaired) electrons. The molecule has 1 N–H and O–H groups in total. The molecule has 3 nitrogen and oxygen atoms in total. The van der Waals surface area contributed by atoms with Gasteiger partial charge in [0.2, 0.25) is 0 Å². The van der Waals surface area contributed by atoms with Gasteiger partial charge >= 0.3 is 0 Å². The Labute approximate surface area is 55.2 Å². The number of rotatable bonds is 2. The molecule has 1 atom stereocenters. The first-order chi connectivity index (χ1) is 4.38. The Balaban J connectivity index is 2.32. The predicted molar refractivity (Wildman–Crippen MR) is 34.1 cm³/mol. The second-order valence-electron chi connectivity index (χ2n) is 2.14. The van der Waals surface area contributed by atoms with Crippen LogP contribution in [-0.4, -0.2) is 42.5 Å². The van der Waals surface area contributed by atoms with Crippen LogP contribution in [0.2, 0.25) is 0 Å². The summed E-state index contributed by atoms with van der Waals surface area (Å²) in [5, 5.41) is 8.70. The SMILES string of the molecule is CCN1CCOC1CO. The minimum atomic E-state index is -0.0324. The zero-order chi connectivity index (χ0) is 6.69. The van der Waals surface area contributed by atoms with E-state index in [9.17, 15) is 0 Å². The maximum absolute atomic E-state index is 8.70. The molecule has 9 heavy (non-hydrogen) atoms. The lowest BCUT2D eigenvalue weighted by molar-refractivity contribution is -0.00751. The normalized spacial score (nSPS) is 29.3. The lowest BCUT2D eigenvalue weighted by Crippen LogP contribution is -2.32. The molecule has 1 aliphatic rings. The highest BCUT2D eigenvalue weighted by atomic mass is 16.5. The Bertz CT molecular complexity index is 77.1. The lowest BCUT2D eigenvalue weighted by Gasteiger charge is -2.17. The molecule has 1 unspecified atom stereocenters. The molecule has 0 bridgehead atoms. The maximum Gasteiger partial charge on any atom is 0.134 e. The van der Waals surface area contributed by atoms with Gasteiger partial charge < -0.3 is 9.84 Å². The molecule has 0 aliphatic carbocycles. The van der Waals surface area contributed by atoms with Crippen LogP contribution in [0.25, 0.3) is 0 Å². The average molecular weight is 131 g/mol. The molecule has 0 aromatic rings. The van der Waals surface area contributed by atoms with E-state index in [2.05, 4.69) is 11.8 Å². The van der Waals surface area contributed by atoms with E-state index in [1.54, 1.807) is 0 Å². The van der Waals surface area contributed by atoms with Crippen LogP contribution in [0.1, 0.15) is 6.92 Å². The zero-order valence-corrected chi connectivity index (χ0v) is 5.71. The Morgan fingerprint density at radius 3 is 3.00 bits per heavy atom. The van der Waals surface area contributed by atoms with Gasteiger partial charge in [-0.2, -0.15) is 0 Å². The van der Waals surface area contributed by atoms with Gasteiger partial charge in [-0.1, -0.05) is 6.92 Å². The molecule has 1 aliphatic heterocycles. The molecule has 1 heterocycles. The Kier molecular flexibility index (Phi) is 2.45. The number of nitrogens with zero attached hydrogens (tertiary/aromatic N) is 1. The van der Waals surface area contributed by atoms with Crippen molar-refractivity contribution in [2.24, 2.45) is 0 Å². The lowest BCUT2D eigenvalue weighted by atomic mass is 10.5. The summed E-state index contributed by atoms with van der Waals surface area (Å²) in [6.45, 7) is 4.87. The summed E-state index contributed by atoms with van der Waals surface area (Å²) < 4.78 is 5.18. The van der Waals surface area contributed by atoms with E-state index in [0.717, 1.165) is 19.7 Å². The fraction of sp³-hybridized carbons (Fsp3) is 1.00. The molecule has 1 rings (SSSR count). The molecule has 1 saturated heterocycles. The minimum Gasteiger partial charge on any atom is -0.392 e. The van der Waals surface area contributed by atoms with Gasteiger partial charge in [-0.3, -0.25) is 4.90 Å². The van der Waals surface area contributed by atoms with Crippen LogP contribution in [0.3, 0.4) is 0 Å². The smallest absolute Gasteiger partial charge is 0.134 e. The van der Waals surface area contributed by atoms with Crippen molar-refractivity contribution < 1.29 is 9.84 Å². The van der Waals surface area contributed by atoms with Gasteiger partial charge in [0.25, 0.3) is 0 Å². The van der Waals surface area contributed by atoms with E-state index in [-0.39, 0.29) is 12.8 Å². The van der Waals surface area contributed by atoms with Crippen molar-refractivity contribution in [3.8, 4) is 0 Å². The summed E-state index contributed by atoms with van der Waals surface area (Å²) in [6, 6.07) is 0. The van der Waals surface area contributed by atoms with Crippen molar-refractivity contribution in [1.29, 1.82) is 0 Å². The van der Waals surface area contributed by atoms with Crippen molar-refractivity contribution in [3.63, 3.8) is 0 Å². The first-order valence-electron chi connectivity index (χ1n) is 3.35. The van der Waals surface area contributed by atoms with Crippen LogP contribution in [0, 0.1) is 0 Å². The third-order valence-corrected chi connectivity index (χ3v) is 1.66. The molecule has 0 saturated carbocycles. The number of likely N-dealkylation sites (N-methyl/N-ethyl adjacent to an activating group) is 1. The molecule has 0 aromatic carbocycles. The van der Waals surface area contributed by atoms with Crippen LogP contribution < -0.4 is 0 Å². The van der Waals surface area contributed by atoms with Crippen LogP contribution in [0.4, 0.5) is 0 Å². The van der Waals surface area contributed by atoms with Crippen molar-refractivity contribution in [2.75, 3.05) is 26.3 Å². The van der Waals surface area contributed by atoms with Crippen molar-refractivity contribution in [3.05, 3.63) is 0 Å². The Hall–Kier alpha value is -0.120. The summed E-state index contributed by atoms with van der Waals surface area (Å²) in [7, 11) is 0. The number of hydrogen-bond acceptors (Lipinski definition) is 3. The molecule has 54 valence electrons. The Morgan fingerprint density at radius 1 is 1.78 bits per heavy atom. The standard InChI is InChI=1S/C6H13NO2/c1-2-7-3-4-9-6(7)5-8/h6,8H,2-5H2,1H3. The highest BCUT2D eigenvalue weighted by molar-refractivity contribution is 4.66. The molecular formula is C6H13NO2. The van der Waals surface area contributed by atoms with Gasteiger partial charge in [0.15, 0.2) is 0 Å². The van der Waals surface area contributed by atoms with E-state index in [1.807, 2.05) is 0 Å². The second-order valence-corrected chi connectivity index (χ2v) is 2.14. The summed E-state index contributed by atoms with van der Waals surface area (Å²) >= 11 is 0. The first-order valence-corrected chi connectivity index (χ1v) is 3.35. The van der Waals surface area contributed by atoms with Crippen LogP contribution in [0.15, 0.2) is 0 Å². The molecular weight excluding hydrogens is 118 g/mol. The van der Waals surface area contributed by atoms with Gasteiger partial charge in [0.1, 0.15) is 6.23 Å². The third kappa shape index (κ3) is 1.41. The number of aliphatic hydroxyl groups excluding tert-OH is 1. The summed E-state index contributed by atoms with van der Waals surface area (Å²) in [5.41, 5.74) is 0. The Morgan fingerprint density at radius 2 is 2.56 bits per heavy atom. The van der Waals surface area contributed by atoms with Gasteiger partial charge in [0.05, 0.1) is 13.2 Å². The van der Waals surface area contributed by atoms with Crippen LogP contribution >= 0.6 is 0 Å². The maximum atomic E-state index is 8.70. The van der Waals surface area contributed by atoms with Gasteiger partial charge in [-0.15, -0.1) is 0 Å².